The molecule has 24 heavy (non-hydrogen) atoms. The molecule has 0 aliphatic heterocycles. The fraction of sp³-hybridized carbons (Fsp3) is 0.250. The summed E-state index contributed by atoms with van der Waals surface area (Å²) in [7, 11) is 3.03. The smallest absolute Gasteiger partial charge is 0.324 e. The summed E-state index contributed by atoms with van der Waals surface area (Å²) >= 11 is 1.32. The molecule has 7 nitrogen and oxygen atoms in total. The van der Waals surface area contributed by atoms with Crippen LogP contribution in [0.4, 0.5) is 15.5 Å². The number of methoxy groups -OCH3 is 2. The Morgan fingerprint density at radius 1 is 1.17 bits per heavy atom. The van der Waals surface area contributed by atoms with Gasteiger partial charge in [-0.15, -0.1) is 11.3 Å². The fourth-order valence-electron chi connectivity index (χ4n) is 2.06. The molecule has 4 N–H and O–H groups in total. The molecular weight excluding hydrogens is 330 g/mol. The van der Waals surface area contributed by atoms with Gasteiger partial charge in [0.05, 0.1) is 25.5 Å². The normalized spacial score (nSPS) is 10.1. The van der Waals surface area contributed by atoms with Crippen LogP contribution >= 0.6 is 11.3 Å². The van der Waals surface area contributed by atoms with Crippen molar-refractivity contribution in [3.05, 3.63) is 34.7 Å². The zero-order valence-corrected chi connectivity index (χ0v) is 14.5. The van der Waals surface area contributed by atoms with Gasteiger partial charge in [0.25, 0.3) is 5.91 Å². The van der Waals surface area contributed by atoms with E-state index in [2.05, 4.69) is 10.6 Å². The largest absolute Gasteiger partial charge is 0.497 e. The van der Waals surface area contributed by atoms with Gasteiger partial charge in [0.15, 0.2) is 0 Å². The Morgan fingerprint density at radius 3 is 2.50 bits per heavy atom. The van der Waals surface area contributed by atoms with Crippen LogP contribution in [0, 0.1) is 0 Å². The highest BCUT2D eigenvalue weighted by Crippen LogP contribution is 2.31. The van der Waals surface area contributed by atoms with E-state index in [9.17, 15) is 9.59 Å². The third kappa shape index (κ3) is 3.96. The van der Waals surface area contributed by atoms with E-state index in [0.29, 0.717) is 27.8 Å². The van der Waals surface area contributed by atoms with Crippen LogP contribution in [0.3, 0.4) is 0 Å². The van der Waals surface area contributed by atoms with Gasteiger partial charge in [-0.3, -0.25) is 10.1 Å². The molecule has 1 heterocycles. The first-order valence-electron chi connectivity index (χ1n) is 7.21. The van der Waals surface area contributed by atoms with E-state index in [1.807, 2.05) is 6.92 Å². The van der Waals surface area contributed by atoms with Gasteiger partial charge >= 0.3 is 6.03 Å². The second-order valence-corrected chi connectivity index (χ2v) is 5.96. The summed E-state index contributed by atoms with van der Waals surface area (Å²) < 4.78 is 10.3. The Balaban J connectivity index is 2.20. The monoisotopic (exact) mass is 349 g/mol. The van der Waals surface area contributed by atoms with Gasteiger partial charge in [-0.1, -0.05) is 6.92 Å². The lowest BCUT2D eigenvalue weighted by atomic mass is 10.2. The SMILES string of the molecule is CCc1cc(C(N)=O)c(NC(=O)Nc2cc(OC)ccc2OC)s1. The van der Waals surface area contributed by atoms with E-state index in [0.717, 1.165) is 11.3 Å². The summed E-state index contributed by atoms with van der Waals surface area (Å²) in [6.45, 7) is 1.96. The highest BCUT2D eigenvalue weighted by Gasteiger charge is 2.16. The van der Waals surface area contributed by atoms with Crippen molar-refractivity contribution in [1.29, 1.82) is 0 Å². The van der Waals surface area contributed by atoms with Gasteiger partial charge in [0, 0.05) is 10.9 Å². The molecule has 1 aromatic heterocycles. The molecule has 0 unspecified atom stereocenters. The van der Waals surface area contributed by atoms with Crippen LogP contribution in [0.2, 0.25) is 0 Å². The number of rotatable bonds is 6. The van der Waals surface area contributed by atoms with E-state index < -0.39 is 11.9 Å². The van der Waals surface area contributed by atoms with Crippen LogP contribution in [-0.2, 0) is 6.42 Å². The first kappa shape index (κ1) is 17.6. The Labute approximate surface area is 143 Å². The predicted molar refractivity (Wildman–Crippen MR) is 94.4 cm³/mol. The minimum Gasteiger partial charge on any atom is -0.497 e. The minimum atomic E-state index is -0.583. The van der Waals surface area contributed by atoms with Crippen molar-refractivity contribution in [2.45, 2.75) is 13.3 Å². The van der Waals surface area contributed by atoms with Gasteiger partial charge in [-0.25, -0.2) is 4.79 Å². The number of nitrogens with one attached hydrogen (secondary N) is 2. The molecule has 0 bridgehead atoms. The van der Waals surface area contributed by atoms with Gasteiger partial charge in [-0.05, 0) is 24.6 Å². The molecular formula is C16H19N3O4S. The lowest BCUT2D eigenvalue weighted by molar-refractivity contribution is 0.100. The number of benzene rings is 1. The number of carbonyl (C=O) groups excluding carboxylic acids is 2. The van der Waals surface area contributed by atoms with Crippen LogP contribution in [0.1, 0.15) is 22.2 Å². The zero-order chi connectivity index (χ0) is 17.7. The number of carbonyl (C=O) groups is 2. The van der Waals surface area contributed by atoms with Crippen molar-refractivity contribution in [3.8, 4) is 11.5 Å². The summed E-state index contributed by atoms with van der Waals surface area (Å²) in [5, 5.41) is 5.75. The molecule has 2 rings (SSSR count). The number of hydrogen-bond donors (Lipinski definition) is 3. The Kier molecular flexibility index (Phi) is 5.64. The number of primary amides is 1. The Hall–Kier alpha value is -2.74. The molecule has 0 aliphatic carbocycles. The number of urea groups is 1. The topological polar surface area (TPSA) is 103 Å². The highest BCUT2D eigenvalue weighted by molar-refractivity contribution is 7.16. The van der Waals surface area contributed by atoms with Crippen molar-refractivity contribution in [2.75, 3.05) is 24.9 Å². The van der Waals surface area contributed by atoms with E-state index in [1.54, 1.807) is 24.3 Å². The summed E-state index contributed by atoms with van der Waals surface area (Å²) in [6.07, 6.45) is 0.748. The van der Waals surface area contributed by atoms with Crippen molar-refractivity contribution >= 4 is 34.0 Å². The molecule has 0 radical (unpaired) electrons. The number of hydrogen-bond acceptors (Lipinski definition) is 5. The van der Waals surface area contributed by atoms with Gasteiger partial charge in [0.2, 0.25) is 0 Å². The van der Waals surface area contributed by atoms with E-state index in [4.69, 9.17) is 15.2 Å². The number of nitrogens with two attached hydrogens (primary N) is 1. The number of ether oxygens (including phenoxy) is 2. The number of thiophene rings is 1. The summed E-state index contributed by atoms with van der Waals surface area (Å²) in [4.78, 5) is 24.7. The van der Waals surface area contributed by atoms with Crippen molar-refractivity contribution in [3.63, 3.8) is 0 Å². The van der Waals surface area contributed by atoms with Crippen LogP contribution < -0.4 is 25.8 Å². The molecule has 1 aromatic carbocycles. The third-order valence-electron chi connectivity index (χ3n) is 3.28. The van der Waals surface area contributed by atoms with Crippen molar-refractivity contribution in [2.24, 2.45) is 5.73 Å². The molecule has 0 fully saturated rings. The van der Waals surface area contributed by atoms with Crippen LogP contribution in [-0.4, -0.2) is 26.2 Å². The van der Waals surface area contributed by atoms with E-state index in [1.165, 1.54) is 25.6 Å². The highest BCUT2D eigenvalue weighted by atomic mass is 32.1. The minimum absolute atomic E-state index is 0.296. The lowest BCUT2D eigenvalue weighted by Crippen LogP contribution is -2.21. The first-order chi connectivity index (χ1) is 11.5. The molecule has 0 atom stereocenters. The molecule has 128 valence electrons. The zero-order valence-electron chi connectivity index (χ0n) is 13.6. The molecule has 8 heteroatoms. The van der Waals surface area contributed by atoms with E-state index >= 15 is 0 Å². The van der Waals surface area contributed by atoms with Crippen LogP contribution in [0.15, 0.2) is 24.3 Å². The second kappa shape index (κ2) is 7.69. The lowest BCUT2D eigenvalue weighted by Gasteiger charge is -2.12. The Morgan fingerprint density at radius 2 is 1.92 bits per heavy atom. The number of anilines is 2. The Bertz CT molecular complexity index is 758. The van der Waals surface area contributed by atoms with Gasteiger partial charge in [-0.2, -0.15) is 0 Å². The second-order valence-electron chi connectivity index (χ2n) is 4.82. The predicted octanol–water partition coefficient (Wildman–Crippen LogP) is 3.07. The molecule has 0 saturated heterocycles. The molecule has 0 aliphatic rings. The molecule has 0 saturated carbocycles. The maximum atomic E-state index is 12.3. The summed E-state index contributed by atoms with van der Waals surface area (Å²) in [5.41, 5.74) is 6.10. The third-order valence-corrected chi connectivity index (χ3v) is 4.47. The maximum Gasteiger partial charge on any atom is 0.324 e. The number of aryl methyl sites for hydroxylation is 1. The van der Waals surface area contributed by atoms with Gasteiger partial charge in [0.1, 0.15) is 16.5 Å². The van der Waals surface area contributed by atoms with E-state index in [-0.39, 0.29) is 0 Å². The number of amides is 3. The quantitative estimate of drug-likeness (QED) is 0.745. The van der Waals surface area contributed by atoms with Crippen molar-refractivity contribution < 1.29 is 19.1 Å². The summed E-state index contributed by atoms with van der Waals surface area (Å²) in [5.74, 6) is 0.482. The maximum absolute atomic E-state index is 12.3. The standard InChI is InChI=1S/C16H19N3O4S/c1-4-10-8-11(14(17)20)15(24-10)19-16(21)18-12-7-9(22-2)5-6-13(12)23-3/h5-8H,4H2,1-3H3,(H2,17,20)(H2,18,19,21). The average molecular weight is 349 g/mol. The summed E-state index contributed by atoms with van der Waals surface area (Å²) in [6, 6.07) is 6.23. The fourth-order valence-corrected chi connectivity index (χ4v) is 3.06. The molecule has 2 aromatic rings. The van der Waals surface area contributed by atoms with Crippen LogP contribution in [0.5, 0.6) is 11.5 Å². The van der Waals surface area contributed by atoms with Crippen LogP contribution in [0.25, 0.3) is 0 Å². The van der Waals surface area contributed by atoms with Crippen molar-refractivity contribution in [1.82, 2.24) is 0 Å². The average Bonchev–Trinajstić information content (AvgIpc) is 2.97. The molecule has 3 amide bonds. The first-order valence-corrected chi connectivity index (χ1v) is 8.02. The molecule has 0 spiro atoms. The van der Waals surface area contributed by atoms with Gasteiger partial charge < -0.3 is 20.5 Å².